The van der Waals surface area contributed by atoms with Gasteiger partial charge < -0.3 is 70.2 Å². The first kappa shape index (κ1) is 77.2. The van der Waals surface area contributed by atoms with Crippen LogP contribution in [0.15, 0.2) is 116 Å². The zero-order valence-electron chi connectivity index (χ0n) is 56.0. The van der Waals surface area contributed by atoms with Crippen molar-refractivity contribution in [1.29, 1.82) is 0 Å². The molecule has 28 heteroatoms. The molecule has 498 valence electrons. The quantitative estimate of drug-likeness (QED) is 0.0398. The number of alkyl halides is 3. The minimum absolute atomic E-state index is 0. The van der Waals surface area contributed by atoms with Gasteiger partial charge >= 0.3 is 59.1 Å². The number of carbonyl (C=O) groups is 7. The maximum Gasteiger partial charge on any atom is 2.00 e. The number of hydrogen-bond acceptors (Lipinski definition) is 19. The summed E-state index contributed by atoms with van der Waals surface area (Å²) >= 11 is 19.5. The number of amides is 1. The Morgan fingerprint density at radius 3 is 1.54 bits per heavy atom. The number of aromatic amines is 2. The second-order valence-corrected chi connectivity index (χ2v) is 24.0. The largest absolute Gasteiger partial charge is 2.00 e. The topological polar surface area (TPSA) is 273 Å². The number of nitrogens with one attached hydrogen (secondary N) is 3. The van der Waals surface area contributed by atoms with Gasteiger partial charge in [0.2, 0.25) is 0 Å². The third-order valence-electron chi connectivity index (χ3n) is 13.3. The number of rotatable bonds is 9. The van der Waals surface area contributed by atoms with Crippen LogP contribution in [-0.4, -0.2) is 171 Å². The molecule has 5 heterocycles. The third-order valence-corrected chi connectivity index (χ3v) is 14.4. The minimum atomic E-state index is -1.96. The second-order valence-electron chi connectivity index (χ2n) is 21.4. The van der Waals surface area contributed by atoms with Crippen LogP contribution in [0.3, 0.4) is 0 Å². The molecule has 0 fully saturated rings. The molecule has 1 amide bonds. The van der Waals surface area contributed by atoms with Gasteiger partial charge in [0, 0.05) is 59.4 Å². The Hall–Kier alpha value is -8.26. The van der Waals surface area contributed by atoms with E-state index in [2.05, 4.69) is 20.0 Å². The average Bonchev–Trinajstić information content (AvgIpc) is 1.68. The molecule has 2 unspecified atom stereocenters. The van der Waals surface area contributed by atoms with Crippen LogP contribution in [0.5, 0.6) is 28.7 Å². The van der Waals surface area contributed by atoms with Crippen molar-refractivity contribution in [2.45, 2.75) is 68.4 Å². The maximum atomic E-state index is 12.4. The van der Waals surface area contributed by atoms with E-state index in [9.17, 15) is 33.6 Å². The molecule has 5 aromatic carbocycles. The number of ether oxygens (including phenoxy) is 11. The van der Waals surface area contributed by atoms with E-state index < -0.39 is 50.3 Å². The average molecular weight is 1380 g/mol. The number of carbonyl (C=O) groups excluding carboxylic acids is 7. The van der Waals surface area contributed by atoms with E-state index in [1.165, 1.54) is 58.3 Å². The first-order valence-electron chi connectivity index (χ1n) is 27.8. The SMILES string of the molecule is COC(=O)C1CN(C(=O)OC(C)(C)C)c2cccc(OC)c21.COC(=O)C1CNc2cccc(OC)c21.COC(=O)c1c[nH]c2cccc(OC)c12.COC(=O)c1cn(C(=O)OC(C)(C)C)c2cccc(OC)c12.COc1cccc2[nH]ccc12.O=C(Cl)C(Cl)(Cl)Cl.[H-].[H-].[Mg+2]. The van der Waals surface area contributed by atoms with Crippen LogP contribution in [0.25, 0.3) is 32.7 Å². The normalized spacial score (nSPS) is 13.3. The number of benzene rings is 5. The second kappa shape index (κ2) is 34.6. The van der Waals surface area contributed by atoms with Crippen molar-refractivity contribution in [3.05, 3.63) is 138 Å². The summed E-state index contributed by atoms with van der Waals surface area (Å²) in [6, 6.07) is 29.6. The molecule has 0 radical (unpaired) electrons. The van der Waals surface area contributed by atoms with E-state index >= 15 is 0 Å². The predicted molar refractivity (Wildman–Crippen MR) is 359 cm³/mol. The fraction of sp³-hybridized carbons (Fsp3) is 0.338. The maximum absolute atomic E-state index is 12.4. The molecule has 10 rings (SSSR count). The summed E-state index contributed by atoms with van der Waals surface area (Å²) in [5.74, 6) is 0.958. The van der Waals surface area contributed by atoms with Crippen molar-refractivity contribution in [2.75, 3.05) is 87.3 Å². The Kier molecular flexibility index (Phi) is 28.7. The van der Waals surface area contributed by atoms with Gasteiger partial charge in [-0.05, 0) is 120 Å². The zero-order chi connectivity index (χ0) is 68.4. The van der Waals surface area contributed by atoms with Gasteiger partial charge in [0.25, 0.3) is 9.03 Å². The summed E-state index contributed by atoms with van der Waals surface area (Å²) < 4.78 is 55.4. The smallest absolute Gasteiger partial charge is 1.00 e. The number of methoxy groups -OCH3 is 9. The zero-order valence-corrected chi connectivity index (χ0v) is 58.4. The summed E-state index contributed by atoms with van der Waals surface area (Å²) in [6.45, 7) is 11.5. The summed E-state index contributed by atoms with van der Waals surface area (Å²) in [4.78, 5) is 89.1. The molecule has 0 saturated carbocycles. The summed E-state index contributed by atoms with van der Waals surface area (Å²) in [5.41, 5.74) is 5.10. The van der Waals surface area contributed by atoms with Gasteiger partial charge in [0.1, 0.15) is 51.8 Å². The Labute approximate surface area is 576 Å². The fourth-order valence-electron chi connectivity index (χ4n) is 9.36. The number of fused-ring (bicyclic) bond motifs is 5. The minimum Gasteiger partial charge on any atom is -1.00 e. The van der Waals surface area contributed by atoms with Crippen LogP contribution in [0.4, 0.5) is 21.0 Å². The van der Waals surface area contributed by atoms with Crippen molar-refractivity contribution in [1.82, 2.24) is 14.5 Å². The number of aromatic nitrogens is 3. The number of nitrogens with zero attached hydrogens (tertiary/aromatic N) is 2. The number of halogens is 4. The molecular weight excluding hydrogens is 1300 g/mol. The van der Waals surface area contributed by atoms with Gasteiger partial charge in [-0.3, -0.25) is 23.9 Å². The van der Waals surface area contributed by atoms with Gasteiger partial charge in [-0.1, -0.05) is 65.1 Å². The first-order valence-corrected chi connectivity index (χ1v) is 29.3. The Bertz CT molecular complexity index is 3920. The van der Waals surface area contributed by atoms with Crippen LogP contribution < -0.4 is 33.9 Å². The molecule has 3 aromatic heterocycles. The number of esters is 4. The van der Waals surface area contributed by atoms with Crippen LogP contribution in [0.2, 0.25) is 0 Å². The molecule has 0 spiro atoms. The first-order chi connectivity index (χ1) is 43.5. The molecular formula is C65H75Cl4MgN5O18. The molecule has 8 aromatic rings. The Morgan fingerprint density at radius 1 is 0.527 bits per heavy atom. The fourth-order valence-corrected chi connectivity index (χ4v) is 9.36. The molecule has 2 aliphatic rings. The van der Waals surface area contributed by atoms with Crippen molar-refractivity contribution in [2.24, 2.45) is 0 Å². The van der Waals surface area contributed by atoms with Gasteiger partial charge in [-0.25, -0.2) is 19.2 Å². The molecule has 23 nitrogen and oxygen atoms in total. The molecule has 2 aliphatic heterocycles. The Morgan fingerprint density at radius 2 is 1.00 bits per heavy atom. The van der Waals surface area contributed by atoms with Crippen molar-refractivity contribution in [3.8, 4) is 28.7 Å². The van der Waals surface area contributed by atoms with Gasteiger partial charge in [-0.2, -0.15) is 0 Å². The molecule has 3 N–H and O–H groups in total. The van der Waals surface area contributed by atoms with E-state index in [4.69, 9.17) is 93.8 Å². The van der Waals surface area contributed by atoms with E-state index in [-0.39, 0.29) is 55.9 Å². The van der Waals surface area contributed by atoms with E-state index in [0.717, 1.165) is 44.6 Å². The molecule has 0 aliphatic carbocycles. The van der Waals surface area contributed by atoms with Gasteiger partial charge in [0.15, 0.2) is 0 Å². The van der Waals surface area contributed by atoms with Crippen LogP contribution in [0.1, 0.15) is 88.1 Å². The molecule has 0 saturated heterocycles. The van der Waals surface area contributed by atoms with Crippen LogP contribution in [0, 0.1) is 0 Å². The third kappa shape index (κ3) is 19.9. The summed E-state index contributed by atoms with van der Waals surface area (Å²) in [6.07, 6.45) is 3.88. The Balaban J connectivity index is 0.000000397. The number of hydrogen-bond donors (Lipinski definition) is 3. The molecule has 93 heavy (non-hydrogen) atoms. The van der Waals surface area contributed by atoms with Gasteiger partial charge in [-0.15, -0.1) is 0 Å². The van der Waals surface area contributed by atoms with Crippen molar-refractivity contribution < 1.29 is 88.5 Å². The standard InChI is InChI=1S/C16H21NO5.C16H19NO5.C11H13NO3.C11H11NO3.C9H9NO.C2Cl4O.Mg.2H/c2*1-16(2,3)22-15(19)17-9-10(14(18)21-5)13-11(17)7-6-8-12(13)20-4;2*1-14-9-5-3-4-8-10(9)7(6-12-8)11(13)15-2;1-11-9-4-2-3-8-7(9)5-6-10-8;3-1(7)2(4,5)6;;;/h6-8,10H,9H2,1-5H3;6-9H,1-5H3;3-5,7,12H,6H2,1-2H3;3-6,12H,1-2H3;2-6,10H,1H3;;;;/q;;;;;;+2;2*-1. The molecule has 2 atom stereocenters. The number of anilines is 2. The monoisotopic (exact) mass is 1380 g/mol. The van der Waals surface area contributed by atoms with Crippen LogP contribution in [-0.2, 0) is 42.8 Å². The van der Waals surface area contributed by atoms with Crippen LogP contribution >= 0.6 is 46.4 Å². The number of H-pyrrole nitrogens is 2. The summed E-state index contributed by atoms with van der Waals surface area (Å²) in [7, 11) is 13.3. The van der Waals surface area contributed by atoms with E-state index in [0.29, 0.717) is 51.5 Å². The summed E-state index contributed by atoms with van der Waals surface area (Å²) in [5, 5.41) is 4.58. The van der Waals surface area contributed by atoms with Crippen molar-refractivity contribution in [3.63, 3.8) is 0 Å². The predicted octanol–water partition coefficient (Wildman–Crippen LogP) is 13.4. The van der Waals surface area contributed by atoms with E-state index in [1.807, 2.05) is 66.9 Å². The molecule has 0 bridgehead atoms. The van der Waals surface area contributed by atoms with Crippen molar-refractivity contribution >= 4 is 155 Å². The van der Waals surface area contributed by atoms with E-state index in [1.54, 1.807) is 105 Å². The van der Waals surface area contributed by atoms with Gasteiger partial charge in [0.05, 0.1) is 103 Å².